The Morgan fingerprint density at radius 2 is 2.05 bits per heavy atom. The van der Waals surface area contributed by atoms with Gasteiger partial charge in [-0.15, -0.1) is 0 Å². The largest absolute Gasteiger partial charge is 0.338 e. The van der Waals surface area contributed by atoms with Gasteiger partial charge in [-0.25, -0.2) is 4.79 Å². The number of hydrogen-bond acceptors (Lipinski definition) is 2. The first-order valence-electron chi connectivity index (χ1n) is 6.88. The molecule has 1 aromatic heterocycles. The zero-order chi connectivity index (χ0) is 13.9. The molecule has 102 valence electrons. The van der Waals surface area contributed by atoms with Gasteiger partial charge in [0.15, 0.2) is 0 Å². The van der Waals surface area contributed by atoms with Gasteiger partial charge in [0.1, 0.15) is 0 Å². The molecule has 1 aliphatic rings. The SMILES string of the molecule is CCNC(=O)N1CCc2cc(-c3ccncc3)ccc21. The normalized spacial score (nSPS) is 13.2. The first-order chi connectivity index (χ1) is 9.79. The molecule has 0 bridgehead atoms. The molecule has 2 aromatic rings. The van der Waals surface area contributed by atoms with Crippen molar-refractivity contribution < 1.29 is 4.79 Å². The third-order valence-electron chi connectivity index (χ3n) is 3.56. The minimum absolute atomic E-state index is 0.0112. The van der Waals surface area contributed by atoms with Crippen molar-refractivity contribution in [2.75, 3.05) is 18.0 Å². The highest BCUT2D eigenvalue weighted by Crippen LogP contribution is 2.32. The molecular weight excluding hydrogens is 250 g/mol. The summed E-state index contributed by atoms with van der Waals surface area (Å²) in [4.78, 5) is 17.8. The van der Waals surface area contributed by atoms with Crippen molar-refractivity contribution >= 4 is 11.7 Å². The molecule has 2 amide bonds. The summed E-state index contributed by atoms with van der Waals surface area (Å²) in [6.45, 7) is 3.34. The van der Waals surface area contributed by atoms with E-state index < -0.39 is 0 Å². The van der Waals surface area contributed by atoms with Crippen LogP contribution in [0.3, 0.4) is 0 Å². The predicted molar refractivity (Wildman–Crippen MR) is 79.8 cm³/mol. The number of amides is 2. The van der Waals surface area contributed by atoms with Crippen LogP contribution in [0, 0.1) is 0 Å². The second-order valence-corrected chi connectivity index (χ2v) is 4.82. The number of nitrogens with zero attached hydrogens (tertiary/aromatic N) is 2. The fourth-order valence-electron chi connectivity index (χ4n) is 2.58. The Hall–Kier alpha value is -2.36. The number of anilines is 1. The molecule has 4 heteroatoms. The highest BCUT2D eigenvalue weighted by atomic mass is 16.2. The van der Waals surface area contributed by atoms with Crippen molar-refractivity contribution in [3.63, 3.8) is 0 Å². The Balaban J connectivity index is 1.91. The summed E-state index contributed by atoms with van der Waals surface area (Å²) in [6.07, 6.45) is 4.50. The molecule has 1 aliphatic heterocycles. The van der Waals surface area contributed by atoms with E-state index in [1.54, 1.807) is 12.4 Å². The Morgan fingerprint density at radius 3 is 2.80 bits per heavy atom. The Labute approximate surface area is 118 Å². The molecule has 0 saturated carbocycles. The third kappa shape index (κ3) is 2.25. The van der Waals surface area contributed by atoms with E-state index in [-0.39, 0.29) is 6.03 Å². The molecule has 0 fully saturated rings. The van der Waals surface area contributed by atoms with Crippen molar-refractivity contribution in [2.45, 2.75) is 13.3 Å². The van der Waals surface area contributed by atoms with Crippen LogP contribution in [0.5, 0.6) is 0 Å². The summed E-state index contributed by atoms with van der Waals surface area (Å²) in [5.41, 5.74) is 4.57. The van der Waals surface area contributed by atoms with Crippen LogP contribution in [0.2, 0.25) is 0 Å². The summed E-state index contributed by atoms with van der Waals surface area (Å²) >= 11 is 0. The molecule has 1 N–H and O–H groups in total. The fraction of sp³-hybridized carbons (Fsp3) is 0.250. The van der Waals surface area contributed by atoms with Crippen molar-refractivity contribution in [3.8, 4) is 11.1 Å². The van der Waals surface area contributed by atoms with Crippen LogP contribution in [0.1, 0.15) is 12.5 Å². The molecule has 0 saturated heterocycles. The highest BCUT2D eigenvalue weighted by molar-refractivity contribution is 5.94. The average Bonchev–Trinajstić information content (AvgIpc) is 2.91. The van der Waals surface area contributed by atoms with Gasteiger partial charge < -0.3 is 5.32 Å². The van der Waals surface area contributed by atoms with E-state index in [4.69, 9.17) is 0 Å². The third-order valence-corrected chi connectivity index (χ3v) is 3.56. The number of nitrogens with one attached hydrogen (secondary N) is 1. The molecule has 0 atom stereocenters. The summed E-state index contributed by atoms with van der Waals surface area (Å²) in [5, 5.41) is 2.85. The van der Waals surface area contributed by atoms with E-state index in [0.29, 0.717) is 6.54 Å². The number of urea groups is 1. The van der Waals surface area contributed by atoms with E-state index >= 15 is 0 Å². The van der Waals surface area contributed by atoms with Crippen LogP contribution in [0.15, 0.2) is 42.7 Å². The number of carbonyl (C=O) groups excluding carboxylic acids is 1. The average molecular weight is 267 g/mol. The van der Waals surface area contributed by atoms with Gasteiger partial charge >= 0.3 is 6.03 Å². The lowest BCUT2D eigenvalue weighted by atomic mass is 10.0. The van der Waals surface area contributed by atoms with Crippen LogP contribution < -0.4 is 10.2 Å². The quantitative estimate of drug-likeness (QED) is 0.909. The molecule has 0 unspecified atom stereocenters. The maximum absolute atomic E-state index is 12.0. The molecule has 0 spiro atoms. The second kappa shape index (κ2) is 5.33. The second-order valence-electron chi connectivity index (χ2n) is 4.82. The Morgan fingerprint density at radius 1 is 1.25 bits per heavy atom. The Bertz CT molecular complexity index is 625. The molecule has 4 nitrogen and oxygen atoms in total. The van der Waals surface area contributed by atoms with E-state index in [2.05, 4.69) is 22.4 Å². The van der Waals surface area contributed by atoms with E-state index in [1.165, 1.54) is 11.1 Å². The zero-order valence-corrected chi connectivity index (χ0v) is 11.5. The number of aromatic nitrogens is 1. The van der Waals surface area contributed by atoms with Crippen molar-refractivity contribution in [2.24, 2.45) is 0 Å². The monoisotopic (exact) mass is 267 g/mol. The molecular formula is C16H17N3O. The topological polar surface area (TPSA) is 45.2 Å². The summed E-state index contributed by atoms with van der Waals surface area (Å²) in [7, 11) is 0. The van der Waals surface area contributed by atoms with Gasteiger partial charge in [-0.3, -0.25) is 9.88 Å². The maximum atomic E-state index is 12.0. The van der Waals surface area contributed by atoms with Gasteiger partial charge in [-0.2, -0.15) is 0 Å². The maximum Gasteiger partial charge on any atom is 0.321 e. The molecule has 2 heterocycles. The minimum atomic E-state index is -0.0112. The lowest BCUT2D eigenvalue weighted by Gasteiger charge is -2.17. The molecule has 0 aliphatic carbocycles. The van der Waals surface area contributed by atoms with Crippen LogP contribution in [0.4, 0.5) is 10.5 Å². The molecule has 0 radical (unpaired) electrons. The minimum Gasteiger partial charge on any atom is -0.338 e. The lowest BCUT2D eigenvalue weighted by molar-refractivity contribution is 0.247. The number of hydrogen-bond donors (Lipinski definition) is 1. The number of benzene rings is 1. The standard InChI is InChI=1S/C16H17N3O/c1-2-18-16(20)19-10-7-14-11-13(3-4-15(14)19)12-5-8-17-9-6-12/h3-6,8-9,11H,2,7,10H2,1H3,(H,18,20). The fourth-order valence-corrected chi connectivity index (χ4v) is 2.58. The summed E-state index contributed by atoms with van der Waals surface area (Å²) in [5.74, 6) is 0. The lowest BCUT2D eigenvalue weighted by Crippen LogP contribution is -2.38. The van der Waals surface area contributed by atoms with Gasteiger partial charge in [0.25, 0.3) is 0 Å². The van der Waals surface area contributed by atoms with Crippen molar-refractivity contribution in [3.05, 3.63) is 48.3 Å². The van der Waals surface area contributed by atoms with Gasteiger partial charge in [0, 0.05) is 31.2 Å². The van der Waals surface area contributed by atoms with Crippen LogP contribution >= 0.6 is 0 Å². The first-order valence-corrected chi connectivity index (χ1v) is 6.88. The first kappa shape index (κ1) is 12.7. The van der Waals surface area contributed by atoms with Gasteiger partial charge in [-0.1, -0.05) is 6.07 Å². The van der Waals surface area contributed by atoms with E-state index in [0.717, 1.165) is 24.2 Å². The van der Waals surface area contributed by atoms with E-state index in [9.17, 15) is 4.79 Å². The van der Waals surface area contributed by atoms with Gasteiger partial charge in [-0.05, 0) is 54.3 Å². The molecule has 1 aromatic carbocycles. The van der Waals surface area contributed by atoms with Crippen molar-refractivity contribution in [1.29, 1.82) is 0 Å². The zero-order valence-electron chi connectivity index (χ0n) is 11.5. The highest BCUT2D eigenvalue weighted by Gasteiger charge is 2.24. The number of carbonyl (C=O) groups is 1. The van der Waals surface area contributed by atoms with Crippen molar-refractivity contribution in [1.82, 2.24) is 10.3 Å². The summed E-state index contributed by atoms with van der Waals surface area (Å²) in [6, 6.07) is 10.3. The smallest absolute Gasteiger partial charge is 0.321 e. The number of fused-ring (bicyclic) bond motifs is 1. The van der Waals surface area contributed by atoms with Crippen LogP contribution in [0.25, 0.3) is 11.1 Å². The predicted octanol–water partition coefficient (Wildman–Crippen LogP) is 2.84. The number of pyridine rings is 1. The van der Waals surface area contributed by atoms with E-state index in [1.807, 2.05) is 30.0 Å². The summed E-state index contributed by atoms with van der Waals surface area (Å²) < 4.78 is 0. The molecule has 3 rings (SSSR count). The van der Waals surface area contributed by atoms with Gasteiger partial charge in [0.2, 0.25) is 0 Å². The van der Waals surface area contributed by atoms with Crippen LogP contribution in [-0.2, 0) is 6.42 Å². The number of rotatable bonds is 2. The van der Waals surface area contributed by atoms with Gasteiger partial charge in [0.05, 0.1) is 0 Å². The molecule has 20 heavy (non-hydrogen) atoms. The van der Waals surface area contributed by atoms with Crippen LogP contribution in [-0.4, -0.2) is 24.1 Å². The Kier molecular flexibility index (Phi) is 3.37.